The molecule has 2 saturated heterocycles. The van der Waals surface area contributed by atoms with Gasteiger partial charge in [0.1, 0.15) is 17.1 Å². The van der Waals surface area contributed by atoms with Crippen molar-refractivity contribution in [1.82, 2.24) is 9.80 Å². The molecule has 9 heteroatoms. The molecule has 3 aromatic rings. The zero-order chi connectivity index (χ0) is 25.2. The summed E-state index contributed by atoms with van der Waals surface area (Å²) in [5, 5.41) is 0.843. The van der Waals surface area contributed by atoms with Gasteiger partial charge in [0.15, 0.2) is 0 Å². The quantitative estimate of drug-likeness (QED) is 0.489. The Morgan fingerprint density at radius 1 is 0.944 bits per heavy atom. The minimum atomic E-state index is -0.385. The Morgan fingerprint density at radius 2 is 1.64 bits per heavy atom. The number of hydrogen-bond acceptors (Lipinski definition) is 7. The van der Waals surface area contributed by atoms with Gasteiger partial charge in [0.25, 0.3) is 0 Å². The molecule has 9 nitrogen and oxygen atoms in total. The summed E-state index contributed by atoms with van der Waals surface area (Å²) in [6.45, 7) is 3.48. The number of piperazine rings is 1. The van der Waals surface area contributed by atoms with Crippen molar-refractivity contribution in [3.8, 4) is 11.5 Å². The molecule has 2 fully saturated rings. The minimum absolute atomic E-state index is 0.0227. The molecule has 0 N–H and O–H groups in total. The second-order valence-corrected chi connectivity index (χ2v) is 9.16. The molecule has 0 saturated carbocycles. The van der Waals surface area contributed by atoms with Gasteiger partial charge in [0.05, 0.1) is 20.1 Å². The smallest absolute Gasteiger partial charge is 0.336 e. The number of amides is 2. The molecule has 5 rings (SSSR count). The predicted molar refractivity (Wildman–Crippen MR) is 134 cm³/mol. The van der Waals surface area contributed by atoms with Crippen molar-refractivity contribution in [3.63, 3.8) is 0 Å². The van der Waals surface area contributed by atoms with Gasteiger partial charge in [0, 0.05) is 62.8 Å². The summed E-state index contributed by atoms with van der Waals surface area (Å²) in [6.07, 6.45) is 0.221. The molecular weight excluding hydrogens is 462 g/mol. The first-order chi connectivity index (χ1) is 17.4. The lowest BCUT2D eigenvalue weighted by Crippen LogP contribution is -2.50. The van der Waals surface area contributed by atoms with Crippen LogP contribution >= 0.6 is 0 Å². The van der Waals surface area contributed by atoms with Crippen molar-refractivity contribution in [1.29, 1.82) is 0 Å². The molecule has 3 heterocycles. The lowest BCUT2D eigenvalue weighted by atomic mass is 10.1. The van der Waals surface area contributed by atoms with Crippen LogP contribution in [0, 0.1) is 5.92 Å². The average Bonchev–Trinajstić information content (AvgIpc) is 3.30. The van der Waals surface area contributed by atoms with Crippen LogP contribution in [0.15, 0.2) is 57.7 Å². The van der Waals surface area contributed by atoms with Crippen LogP contribution in [0.3, 0.4) is 0 Å². The van der Waals surface area contributed by atoms with Crippen molar-refractivity contribution in [2.75, 3.05) is 51.8 Å². The highest BCUT2D eigenvalue weighted by atomic mass is 16.5. The van der Waals surface area contributed by atoms with Gasteiger partial charge < -0.3 is 23.7 Å². The Balaban J connectivity index is 1.21. The Morgan fingerprint density at radius 3 is 2.33 bits per heavy atom. The molecule has 2 aliphatic rings. The Kier molecular flexibility index (Phi) is 6.65. The monoisotopic (exact) mass is 491 g/mol. The van der Waals surface area contributed by atoms with Crippen LogP contribution in [0.1, 0.15) is 12.0 Å². The van der Waals surface area contributed by atoms with Crippen molar-refractivity contribution in [3.05, 3.63) is 64.5 Å². The highest BCUT2D eigenvalue weighted by Gasteiger charge is 2.38. The first-order valence-corrected chi connectivity index (χ1v) is 12.0. The van der Waals surface area contributed by atoms with Gasteiger partial charge in [-0.05, 0) is 48.0 Å². The standard InChI is InChI=1S/C27H29N3O6/c1-34-21-5-3-20(4-6-21)30-17-19(13-25(30)31)27(33)29-11-9-28(10-12-29)16-18-14-26(32)36-24-8-7-22(35-2)15-23(18)24/h3-8,14-15,19H,9-13,16-17H2,1-2H3. The lowest BCUT2D eigenvalue weighted by molar-refractivity contribution is -0.137. The largest absolute Gasteiger partial charge is 0.497 e. The first kappa shape index (κ1) is 23.9. The van der Waals surface area contributed by atoms with Crippen molar-refractivity contribution >= 4 is 28.5 Å². The number of carbonyl (C=O) groups is 2. The van der Waals surface area contributed by atoms with E-state index in [9.17, 15) is 14.4 Å². The number of fused-ring (bicyclic) bond motifs is 1. The van der Waals surface area contributed by atoms with Crippen molar-refractivity contribution in [2.24, 2.45) is 5.92 Å². The normalized spacial score (nSPS) is 18.6. The third-order valence-corrected chi connectivity index (χ3v) is 6.97. The molecular formula is C27H29N3O6. The number of methoxy groups -OCH3 is 2. The Labute approximate surface area is 208 Å². The second-order valence-electron chi connectivity index (χ2n) is 9.16. The van der Waals surface area contributed by atoms with E-state index in [1.807, 2.05) is 35.2 Å². The first-order valence-electron chi connectivity index (χ1n) is 12.0. The van der Waals surface area contributed by atoms with E-state index in [1.54, 1.807) is 31.3 Å². The lowest BCUT2D eigenvalue weighted by Gasteiger charge is -2.36. The highest BCUT2D eigenvalue weighted by molar-refractivity contribution is 6.00. The van der Waals surface area contributed by atoms with Crippen LogP contribution in [-0.4, -0.2) is 68.6 Å². The van der Waals surface area contributed by atoms with Crippen LogP contribution in [0.2, 0.25) is 0 Å². The second kappa shape index (κ2) is 10.0. The van der Waals surface area contributed by atoms with Gasteiger partial charge in [-0.1, -0.05) is 0 Å². The van der Waals surface area contributed by atoms with Gasteiger partial charge in [-0.2, -0.15) is 0 Å². The topological polar surface area (TPSA) is 92.5 Å². The highest BCUT2D eigenvalue weighted by Crippen LogP contribution is 2.29. The number of hydrogen-bond donors (Lipinski definition) is 0. The van der Waals surface area contributed by atoms with Crippen LogP contribution in [0.5, 0.6) is 11.5 Å². The number of rotatable bonds is 6. The van der Waals surface area contributed by atoms with Crippen LogP contribution in [0.25, 0.3) is 11.0 Å². The van der Waals surface area contributed by atoms with Gasteiger partial charge in [-0.15, -0.1) is 0 Å². The summed E-state index contributed by atoms with van der Waals surface area (Å²) in [5.41, 5.74) is 1.79. The SMILES string of the molecule is COc1ccc(N2CC(C(=O)N3CCN(Cc4cc(=O)oc5ccc(OC)cc45)CC3)CC2=O)cc1. The summed E-state index contributed by atoms with van der Waals surface area (Å²) < 4.78 is 15.9. The fourth-order valence-electron chi connectivity index (χ4n) is 4.97. The molecule has 2 aliphatic heterocycles. The van der Waals surface area contributed by atoms with Crippen LogP contribution in [-0.2, 0) is 16.1 Å². The van der Waals surface area contributed by atoms with E-state index in [4.69, 9.17) is 13.9 Å². The number of carbonyl (C=O) groups excluding carboxylic acids is 2. The summed E-state index contributed by atoms with van der Waals surface area (Å²) >= 11 is 0. The molecule has 36 heavy (non-hydrogen) atoms. The van der Waals surface area contributed by atoms with Crippen molar-refractivity contribution < 1.29 is 23.5 Å². The van der Waals surface area contributed by atoms with E-state index in [2.05, 4.69) is 4.90 Å². The molecule has 2 amide bonds. The molecule has 188 valence electrons. The molecule has 1 atom stereocenters. The van der Waals surface area contributed by atoms with Crippen LogP contribution in [0.4, 0.5) is 5.69 Å². The molecule has 1 aromatic heterocycles. The zero-order valence-corrected chi connectivity index (χ0v) is 20.4. The van der Waals surface area contributed by atoms with E-state index in [0.717, 1.165) is 22.4 Å². The van der Waals surface area contributed by atoms with Gasteiger partial charge in [-0.3, -0.25) is 14.5 Å². The number of nitrogens with zero attached hydrogens (tertiary/aromatic N) is 3. The van der Waals surface area contributed by atoms with Crippen molar-refractivity contribution in [2.45, 2.75) is 13.0 Å². The maximum Gasteiger partial charge on any atom is 0.336 e. The molecule has 2 aromatic carbocycles. The van der Waals surface area contributed by atoms with Gasteiger partial charge in [0.2, 0.25) is 11.8 Å². The van der Waals surface area contributed by atoms with E-state index in [1.165, 1.54) is 6.07 Å². The average molecular weight is 492 g/mol. The maximum absolute atomic E-state index is 13.2. The zero-order valence-electron chi connectivity index (χ0n) is 20.4. The number of ether oxygens (including phenoxy) is 2. The molecule has 0 aliphatic carbocycles. The predicted octanol–water partition coefficient (Wildman–Crippen LogP) is 2.51. The van der Waals surface area contributed by atoms with Gasteiger partial charge in [-0.25, -0.2) is 4.79 Å². The fourth-order valence-corrected chi connectivity index (χ4v) is 4.97. The molecule has 0 radical (unpaired) electrons. The Hall–Kier alpha value is -3.85. The van der Waals surface area contributed by atoms with E-state index in [0.29, 0.717) is 50.6 Å². The number of anilines is 1. The third-order valence-electron chi connectivity index (χ3n) is 6.97. The minimum Gasteiger partial charge on any atom is -0.497 e. The summed E-state index contributed by atoms with van der Waals surface area (Å²) in [7, 11) is 3.20. The molecule has 0 spiro atoms. The van der Waals surface area contributed by atoms with E-state index in [-0.39, 0.29) is 29.8 Å². The molecule has 0 bridgehead atoms. The van der Waals surface area contributed by atoms with E-state index >= 15 is 0 Å². The molecule has 1 unspecified atom stereocenters. The summed E-state index contributed by atoms with van der Waals surface area (Å²) in [4.78, 5) is 43.7. The van der Waals surface area contributed by atoms with E-state index < -0.39 is 0 Å². The fraction of sp³-hybridized carbons (Fsp3) is 0.370. The van der Waals surface area contributed by atoms with Gasteiger partial charge >= 0.3 is 5.63 Å². The summed E-state index contributed by atoms with van der Waals surface area (Å²) in [5.74, 6) is 1.06. The Bertz CT molecular complexity index is 1330. The third kappa shape index (κ3) is 4.79. The van der Waals surface area contributed by atoms with Crippen LogP contribution < -0.4 is 20.0 Å². The summed E-state index contributed by atoms with van der Waals surface area (Å²) in [6, 6.07) is 14.2. The maximum atomic E-state index is 13.2. The number of benzene rings is 2.